The van der Waals surface area contributed by atoms with E-state index < -0.39 is 0 Å². The van der Waals surface area contributed by atoms with Gasteiger partial charge in [0.05, 0.1) is 0 Å². The molecule has 0 aliphatic heterocycles. The molecule has 0 radical (unpaired) electrons. The molecular formula is C10H15NSe. The van der Waals surface area contributed by atoms with Gasteiger partial charge in [-0.15, -0.1) is 0 Å². The van der Waals surface area contributed by atoms with Gasteiger partial charge in [-0.05, 0) is 0 Å². The number of rotatable bonds is 3. The number of nitrogens with zero attached hydrogens (tertiary/aromatic N) is 1. The Morgan fingerprint density at radius 1 is 1.25 bits per heavy atom. The summed E-state index contributed by atoms with van der Waals surface area (Å²) >= 11 is 2.58. The Labute approximate surface area is 82.6 Å². The van der Waals surface area contributed by atoms with Gasteiger partial charge in [0.25, 0.3) is 0 Å². The zero-order valence-electron chi connectivity index (χ0n) is 7.62. The summed E-state index contributed by atoms with van der Waals surface area (Å²) in [5.74, 6) is 0. The van der Waals surface area contributed by atoms with Crippen molar-refractivity contribution in [3.63, 3.8) is 0 Å². The molecule has 0 N–H and O–H groups in total. The molecule has 66 valence electrons. The predicted octanol–water partition coefficient (Wildman–Crippen LogP) is 1.06. The maximum atomic E-state index is 2.58. The average molecular weight is 228 g/mol. The summed E-state index contributed by atoms with van der Waals surface area (Å²) in [5, 5.41) is 0. The Hall–Kier alpha value is -0.461. The van der Waals surface area contributed by atoms with Crippen molar-refractivity contribution in [3.8, 4) is 0 Å². The Bertz CT molecular complexity index is 243. The van der Waals surface area contributed by atoms with Crippen molar-refractivity contribution < 1.29 is 0 Å². The normalized spacial score (nSPS) is 9.92. The average Bonchev–Trinajstić information content (AvgIpc) is 2.07. The SMILES string of the molecule is CCN(CC)c1cccc([SeH])c1. The zero-order valence-corrected chi connectivity index (χ0v) is 9.49. The quantitative estimate of drug-likeness (QED) is 0.699. The van der Waals surface area contributed by atoms with Gasteiger partial charge in [0, 0.05) is 0 Å². The first-order valence-corrected chi connectivity index (χ1v) is 5.25. The first kappa shape index (κ1) is 9.63. The third-order valence-corrected chi connectivity index (χ3v) is 2.54. The summed E-state index contributed by atoms with van der Waals surface area (Å²) in [4.78, 5) is 2.34. The molecule has 0 spiro atoms. The third kappa shape index (κ3) is 2.26. The van der Waals surface area contributed by atoms with Crippen LogP contribution in [0, 0.1) is 0 Å². The Morgan fingerprint density at radius 2 is 1.92 bits per heavy atom. The van der Waals surface area contributed by atoms with Crippen molar-refractivity contribution in [2.24, 2.45) is 0 Å². The molecule has 1 aromatic rings. The molecule has 1 aromatic carbocycles. The van der Waals surface area contributed by atoms with Gasteiger partial charge in [-0.25, -0.2) is 0 Å². The van der Waals surface area contributed by atoms with Gasteiger partial charge in [-0.2, -0.15) is 0 Å². The standard InChI is InChI=1S/C10H15NSe/c1-3-11(4-2)9-6-5-7-10(12)8-9/h5-8,12H,3-4H2,1-2H3. The minimum absolute atomic E-state index is 1.08. The van der Waals surface area contributed by atoms with Crippen LogP contribution in [-0.2, 0) is 0 Å². The fourth-order valence-electron chi connectivity index (χ4n) is 1.28. The van der Waals surface area contributed by atoms with E-state index in [9.17, 15) is 0 Å². The van der Waals surface area contributed by atoms with E-state index in [2.05, 4.69) is 59.0 Å². The van der Waals surface area contributed by atoms with Gasteiger partial charge in [0.15, 0.2) is 0 Å². The van der Waals surface area contributed by atoms with Crippen LogP contribution < -0.4 is 9.36 Å². The Kier molecular flexibility index (Phi) is 3.64. The van der Waals surface area contributed by atoms with Crippen molar-refractivity contribution in [2.45, 2.75) is 13.8 Å². The van der Waals surface area contributed by atoms with Crippen molar-refractivity contribution in [1.29, 1.82) is 0 Å². The molecule has 1 nitrogen and oxygen atoms in total. The van der Waals surface area contributed by atoms with Crippen LogP contribution >= 0.6 is 0 Å². The second kappa shape index (κ2) is 4.54. The molecule has 0 unspecified atom stereocenters. The first-order chi connectivity index (χ1) is 5.77. The monoisotopic (exact) mass is 229 g/mol. The molecule has 0 atom stereocenters. The van der Waals surface area contributed by atoms with Gasteiger partial charge in [0.2, 0.25) is 0 Å². The predicted molar refractivity (Wildman–Crippen MR) is 56.8 cm³/mol. The van der Waals surface area contributed by atoms with Gasteiger partial charge < -0.3 is 0 Å². The Balaban J connectivity index is 2.85. The van der Waals surface area contributed by atoms with Crippen molar-refractivity contribution in [1.82, 2.24) is 0 Å². The molecule has 0 aliphatic rings. The van der Waals surface area contributed by atoms with Gasteiger partial charge in [-0.1, -0.05) is 0 Å². The van der Waals surface area contributed by atoms with Crippen molar-refractivity contribution in [3.05, 3.63) is 24.3 Å². The summed E-state index contributed by atoms with van der Waals surface area (Å²) in [6.45, 7) is 6.52. The molecule has 2 heteroatoms. The zero-order chi connectivity index (χ0) is 8.97. The molecule has 0 amide bonds. The Morgan fingerprint density at radius 3 is 2.42 bits per heavy atom. The number of benzene rings is 1. The summed E-state index contributed by atoms with van der Waals surface area (Å²) in [6.07, 6.45) is 0. The summed E-state index contributed by atoms with van der Waals surface area (Å²) in [7, 11) is 0. The molecule has 0 saturated heterocycles. The maximum absolute atomic E-state index is 2.58. The number of hydrogen-bond acceptors (Lipinski definition) is 1. The molecule has 0 aliphatic carbocycles. The van der Waals surface area contributed by atoms with Crippen LogP contribution in [0.3, 0.4) is 0 Å². The molecule has 0 saturated carbocycles. The van der Waals surface area contributed by atoms with E-state index in [0.29, 0.717) is 0 Å². The van der Waals surface area contributed by atoms with Crippen LogP contribution in [0.5, 0.6) is 0 Å². The molecule has 1 rings (SSSR count). The molecule has 12 heavy (non-hydrogen) atoms. The van der Waals surface area contributed by atoms with Crippen LogP contribution in [0.1, 0.15) is 13.8 Å². The fraction of sp³-hybridized carbons (Fsp3) is 0.400. The van der Waals surface area contributed by atoms with Crippen molar-refractivity contribution in [2.75, 3.05) is 18.0 Å². The number of anilines is 1. The van der Waals surface area contributed by atoms with E-state index in [1.165, 1.54) is 10.1 Å². The van der Waals surface area contributed by atoms with E-state index in [-0.39, 0.29) is 0 Å². The van der Waals surface area contributed by atoms with E-state index >= 15 is 0 Å². The van der Waals surface area contributed by atoms with Gasteiger partial charge in [-0.3, -0.25) is 0 Å². The summed E-state index contributed by atoms with van der Waals surface area (Å²) in [5.41, 5.74) is 1.32. The van der Waals surface area contributed by atoms with E-state index in [1.54, 1.807) is 0 Å². The first-order valence-electron chi connectivity index (χ1n) is 4.32. The van der Waals surface area contributed by atoms with E-state index in [0.717, 1.165) is 13.1 Å². The summed E-state index contributed by atoms with van der Waals surface area (Å²) in [6, 6.07) is 8.56. The second-order valence-corrected chi connectivity index (χ2v) is 3.78. The third-order valence-electron chi connectivity index (χ3n) is 1.96. The van der Waals surface area contributed by atoms with E-state index in [4.69, 9.17) is 0 Å². The second-order valence-electron chi connectivity index (χ2n) is 2.69. The van der Waals surface area contributed by atoms with Crippen LogP contribution in [0.4, 0.5) is 5.69 Å². The van der Waals surface area contributed by atoms with Crippen LogP contribution in [-0.4, -0.2) is 29.1 Å². The van der Waals surface area contributed by atoms with Gasteiger partial charge >= 0.3 is 82.3 Å². The number of hydrogen-bond donors (Lipinski definition) is 0. The fourth-order valence-corrected chi connectivity index (χ4v) is 1.74. The van der Waals surface area contributed by atoms with Crippen LogP contribution in [0.2, 0.25) is 0 Å². The molecule has 0 fully saturated rings. The molecule has 0 heterocycles. The van der Waals surface area contributed by atoms with E-state index in [1.807, 2.05) is 0 Å². The topological polar surface area (TPSA) is 3.24 Å². The van der Waals surface area contributed by atoms with Crippen LogP contribution in [0.25, 0.3) is 0 Å². The minimum atomic E-state index is 1.08. The van der Waals surface area contributed by atoms with Gasteiger partial charge in [0.1, 0.15) is 0 Å². The van der Waals surface area contributed by atoms with Crippen molar-refractivity contribution >= 4 is 26.2 Å². The summed E-state index contributed by atoms with van der Waals surface area (Å²) < 4.78 is 1.27. The van der Waals surface area contributed by atoms with Crippen LogP contribution in [0.15, 0.2) is 24.3 Å². The molecule has 0 aromatic heterocycles. The molecule has 0 bridgehead atoms. The molecular weight excluding hydrogens is 213 g/mol.